The first-order valence-corrected chi connectivity index (χ1v) is 10.8. The lowest BCUT2D eigenvalue weighted by atomic mass is 10.1. The molecule has 156 valence electrons. The zero-order valence-corrected chi connectivity index (χ0v) is 18.3. The number of piperazine rings is 1. The van der Waals surface area contributed by atoms with Gasteiger partial charge in [0.05, 0.1) is 16.6 Å². The van der Waals surface area contributed by atoms with Gasteiger partial charge < -0.3 is 20.3 Å². The van der Waals surface area contributed by atoms with E-state index in [-0.39, 0.29) is 21.9 Å². The molecule has 2 unspecified atom stereocenters. The number of anilines is 1. The SMILES string of the molecule is COc1nc(N2CC3CCC(C2)N3)c2cc(Cl)c(Br)c(F)c2n1.O=C1CCCN1. The molecule has 3 fully saturated rings. The predicted octanol–water partition coefficient (Wildman–Crippen LogP) is 3.03. The number of benzene rings is 1. The van der Waals surface area contributed by atoms with Crippen LogP contribution in [0, 0.1) is 5.82 Å². The van der Waals surface area contributed by atoms with Gasteiger partial charge in [0.25, 0.3) is 0 Å². The summed E-state index contributed by atoms with van der Waals surface area (Å²) in [6.45, 7) is 2.56. The number of amides is 1. The fourth-order valence-electron chi connectivity index (χ4n) is 4.00. The minimum atomic E-state index is -0.493. The Bertz CT molecular complexity index is 927. The van der Waals surface area contributed by atoms with Gasteiger partial charge >= 0.3 is 6.01 Å². The van der Waals surface area contributed by atoms with Crippen LogP contribution in [0.15, 0.2) is 10.5 Å². The highest BCUT2D eigenvalue weighted by Gasteiger charge is 2.34. The third-order valence-electron chi connectivity index (χ3n) is 5.39. The first-order valence-electron chi connectivity index (χ1n) is 9.63. The number of halogens is 3. The van der Waals surface area contributed by atoms with E-state index in [4.69, 9.17) is 16.3 Å². The number of nitrogens with zero attached hydrogens (tertiary/aromatic N) is 3. The van der Waals surface area contributed by atoms with Gasteiger partial charge in [-0.1, -0.05) is 11.6 Å². The van der Waals surface area contributed by atoms with Gasteiger partial charge in [0.15, 0.2) is 5.82 Å². The molecular weight excluding hydrogens is 465 g/mol. The molecule has 3 aliphatic rings. The topological polar surface area (TPSA) is 79.4 Å². The maximum Gasteiger partial charge on any atom is 0.318 e. The highest BCUT2D eigenvalue weighted by atomic mass is 79.9. The van der Waals surface area contributed by atoms with Crippen molar-refractivity contribution in [2.75, 3.05) is 31.6 Å². The molecule has 0 spiro atoms. The summed E-state index contributed by atoms with van der Waals surface area (Å²) in [5.41, 5.74) is 0.217. The van der Waals surface area contributed by atoms with Crippen LogP contribution >= 0.6 is 27.5 Å². The van der Waals surface area contributed by atoms with E-state index in [1.807, 2.05) is 0 Å². The van der Waals surface area contributed by atoms with Crippen molar-refractivity contribution in [2.24, 2.45) is 0 Å². The number of rotatable bonds is 2. The zero-order chi connectivity index (χ0) is 20.5. The zero-order valence-electron chi connectivity index (χ0n) is 16.0. The van der Waals surface area contributed by atoms with Crippen molar-refractivity contribution in [3.63, 3.8) is 0 Å². The van der Waals surface area contributed by atoms with Crippen LogP contribution in [0.4, 0.5) is 10.2 Å². The highest BCUT2D eigenvalue weighted by Crippen LogP contribution is 2.37. The molecule has 4 heterocycles. The first kappa shape index (κ1) is 20.6. The third-order valence-corrected chi connectivity index (χ3v) is 6.69. The number of aromatic nitrogens is 2. The summed E-state index contributed by atoms with van der Waals surface area (Å²) < 4.78 is 20.0. The second-order valence-electron chi connectivity index (χ2n) is 7.41. The van der Waals surface area contributed by atoms with Crippen LogP contribution in [0.25, 0.3) is 10.9 Å². The number of nitrogens with one attached hydrogen (secondary N) is 2. The van der Waals surface area contributed by atoms with Gasteiger partial charge in [-0.25, -0.2) is 4.39 Å². The van der Waals surface area contributed by atoms with Crippen molar-refractivity contribution in [1.29, 1.82) is 0 Å². The molecule has 3 saturated heterocycles. The Kier molecular flexibility index (Phi) is 6.08. The van der Waals surface area contributed by atoms with E-state index >= 15 is 0 Å². The monoisotopic (exact) mass is 485 g/mol. The summed E-state index contributed by atoms with van der Waals surface area (Å²) in [6.07, 6.45) is 4.07. The Morgan fingerprint density at radius 3 is 2.59 bits per heavy atom. The van der Waals surface area contributed by atoms with Crippen molar-refractivity contribution < 1.29 is 13.9 Å². The van der Waals surface area contributed by atoms with Gasteiger partial charge in [0, 0.05) is 43.5 Å². The average molecular weight is 487 g/mol. The lowest BCUT2D eigenvalue weighted by Crippen LogP contribution is -2.51. The average Bonchev–Trinajstić information content (AvgIpc) is 3.34. The minimum absolute atomic E-state index is 0.159. The van der Waals surface area contributed by atoms with E-state index in [1.54, 1.807) is 6.07 Å². The normalized spacial score (nSPS) is 23.0. The van der Waals surface area contributed by atoms with Gasteiger partial charge in [-0.05, 0) is 41.3 Å². The summed E-state index contributed by atoms with van der Waals surface area (Å²) in [6, 6.07) is 2.76. The Hall–Kier alpha value is -1.71. The highest BCUT2D eigenvalue weighted by molar-refractivity contribution is 9.10. The largest absolute Gasteiger partial charge is 0.467 e. The van der Waals surface area contributed by atoms with Gasteiger partial charge in [0.1, 0.15) is 11.3 Å². The molecule has 1 amide bonds. The van der Waals surface area contributed by atoms with Crippen molar-refractivity contribution in [3.05, 3.63) is 21.4 Å². The second-order valence-corrected chi connectivity index (χ2v) is 8.61. The molecule has 1 aromatic carbocycles. The molecule has 2 aromatic rings. The standard InChI is InChI=1S/C15H15BrClFN4O.C4H7NO/c1-23-15-20-13-9(4-10(17)11(16)12(13)18)14(21-15)22-5-7-2-3-8(6-22)19-7;6-4-2-1-3-5-4/h4,7-8,19H,2-3,5-6H2,1H3;1-3H2,(H,5,6). The number of ether oxygens (including phenoxy) is 1. The van der Waals surface area contributed by atoms with E-state index in [0.29, 0.717) is 28.3 Å². The molecule has 1 aromatic heterocycles. The Morgan fingerprint density at radius 1 is 1.31 bits per heavy atom. The molecule has 2 atom stereocenters. The molecule has 0 saturated carbocycles. The number of carbonyl (C=O) groups is 1. The van der Waals surface area contributed by atoms with E-state index < -0.39 is 5.82 Å². The van der Waals surface area contributed by atoms with Crippen LogP contribution in [-0.4, -0.2) is 54.7 Å². The molecule has 2 bridgehead atoms. The van der Waals surface area contributed by atoms with Crippen molar-refractivity contribution in [2.45, 2.75) is 37.8 Å². The molecule has 10 heteroatoms. The number of hydrogen-bond donors (Lipinski definition) is 2. The lowest BCUT2D eigenvalue weighted by molar-refractivity contribution is -0.119. The molecule has 3 aliphatic heterocycles. The van der Waals surface area contributed by atoms with E-state index in [0.717, 1.165) is 45.3 Å². The Balaban J connectivity index is 0.000000294. The minimum Gasteiger partial charge on any atom is -0.467 e. The molecule has 0 aliphatic carbocycles. The van der Waals surface area contributed by atoms with E-state index in [9.17, 15) is 9.18 Å². The van der Waals surface area contributed by atoms with Crippen LogP contribution in [-0.2, 0) is 4.79 Å². The van der Waals surface area contributed by atoms with Crippen molar-refractivity contribution in [3.8, 4) is 6.01 Å². The van der Waals surface area contributed by atoms with Gasteiger partial charge in [0.2, 0.25) is 5.91 Å². The number of methoxy groups -OCH3 is 1. The smallest absolute Gasteiger partial charge is 0.318 e. The fraction of sp³-hybridized carbons (Fsp3) is 0.526. The number of carbonyl (C=O) groups excluding carboxylic acids is 1. The van der Waals surface area contributed by atoms with Crippen LogP contribution in [0.1, 0.15) is 25.7 Å². The Morgan fingerprint density at radius 2 is 2.03 bits per heavy atom. The van der Waals surface area contributed by atoms with Crippen LogP contribution in [0.3, 0.4) is 0 Å². The number of hydrogen-bond acceptors (Lipinski definition) is 6. The van der Waals surface area contributed by atoms with Crippen LogP contribution in [0.2, 0.25) is 5.02 Å². The molecule has 29 heavy (non-hydrogen) atoms. The van der Waals surface area contributed by atoms with Gasteiger partial charge in [-0.15, -0.1) is 0 Å². The molecule has 5 rings (SSSR count). The first-order chi connectivity index (χ1) is 14.0. The molecule has 7 nitrogen and oxygen atoms in total. The maximum atomic E-state index is 14.6. The van der Waals surface area contributed by atoms with Crippen molar-refractivity contribution >= 4 is 50.2 Å². The summed E-state index contributed by atoms with van der Waals surface area (Å²) >= 11 is 9.31. The number of fused-ring (bicyclic) bond motifs is 3. The molecular formula is C19H22BrClFN5O2. The van der Waals surface area contributed by atoms with Crippen LogP contribution < -0.4 is 20.3 Å². The summed E-state index contributed by atoms with van der Waals surface area (Å²) in [4.78, 5) is 20.9. The fourth-order valence-corrected chi connectivity index (χ4v) is 4.50. The van der Waals surface area contributed by atoms with Gasteiger partial charge in [-0.3, -0.25) is 4.79 Å². The third kappa shape index (κ3) is 4.27. The van der Waals surface area contributed by atoms with E-state index in [2.05, 4.69) is 41.4 Å². The Labute approximate surface area is 181 Å². The summed E-state index contributed by atoms with van der Waals surface area (Å²) in [5.74, 6) is 0.390. The quantitative estimate of drug-likeness (QED) is 0.635. The molecule has 2 N–H and O–H groups in total. The van der Waals surface area contributed by atoms with Crippen LogP contribution in [0.5, 0.6) is 6.01 Å². The van der Waals surface area contributed by atoms with Gasteiger partial charge in [-0.2, -0.15) is 9.97 Å². The summed E-state index contributed by atoms with van der Waals surface area (Å²) in [7, 11) is 1.48. The second kappa shape index (κ2) is 8.57. The predicted molar refractivity (Wildman–Crippen MR) is 113 cm³/mol. The molecule has 0 radical (unpaired) electrons. The lowest BCUT2D eigenvalue weighted by Gasteiger charge is -2.34. The van der Waals surface area contributed by atoms with E-state index in [1.165, 1.54) is 7.11 Å². The van der Waals surface area contributed by atoms with Crippen molar-refractivity contribution in [1.82, 2.24) is 20.6 Å². The summed E-state index contributed by atoms with van der Waals surface area (Å²) in [5, 5.41) is 7.17. The maximum absolute atomic E-state index is 14.6.